The molecule has 1 saturated heterocycles. The van der Waals surface area contributed by atoms with Gasteiger partial charge in [0.15, 0.2) is 0 Å². The molecule has 0 radical (unpaired) electrons. The molecule has 0 aromatic heterocycles. The average molecular weight is 464 g/mol. The van der Waals surface area contributed by atoms with Gasteiger partial charge >= 0.3 is 0 Å². The second-order valence-electron chi connectivity index (χ2n) is 7.54. The molecule has 2 amide bonds. The lowest BCUT2D eigenvalue weighted by molar-refractivity contribution is -0.124. The van der Waals surface area contributed by atoms with Crippen LogP contribution in [0.5, 0.6) is 0 Å². The van der Waals surface area contributed by atoms with Gasteiger partial charge in [-0.25, -0.2) is 8.42 Å². The van der Waals surface area contributed by atoms with Crippen molar-refractivity contribution in [3.05, 3.63) is 58.6 Å². The Kier molecular flexibility index (Phi) is 7.23. The number of anilines is 1. The third-order valence-corrected chi connectivity index (χ3v) is 6.97. The van der Waals surface area contributed by atoms with Gasteiger partial charge in [-0.3, -0.25) is 14.3 Å². The number of benzene rings is 2. The monoisotopic (exact) mass is 463 g/mol. The van der Waals surface area contributed by atoms with E-state index in [9.17, 15) is 18.0 Å². The van der Waals surface area contributed by atoms with Crippen LogP contribution in [0.1, 0.15) is 42.1 Å². The Labute approximate surface area is 187 Å². The van der Waals surface area contributed by atoms with E-state index in [-0.39, 0.29) is 22.4 Å². The number of likely N-dealkylation sites (tertiary alicyclic amines) is 1. The number of amides is 2. The number of hydrogen-bond donors (Lipinski definition) is 2. The molecule has 1 heterocycles. The van der Waals surface area contributed by atoms with Crippen molar-refractivity contribution < 1.29 is 18.0 Å². The number of aryl methyl sites for hydroxylation is 1. The summed E-state index contributed by atoms with van der Waals surface area (Å²) in [5, 5.41) is 3.20. The van der Waals surface area contributed by atoms with Crippen molar-refractivity contribution in [3.8, 4) is 0 Å². The van der Waals surface area contributed by atoms with Crippen molar-refractivity contribution in [2.24, 2.45) is 0 Å². The quantitative estimate of drug-likeness (QED) is 0.656. The molecule has 0 bridgehead atoms. The Bertz CT molecular complexity index is 1090. The first kappa shape index (κ1) is 23.1. The number of rotatable bonds is 7. The molecular weight excluding hydrogens is 438 g/mol. The Morgan fingerprint density at radius 2 is 1.97 bits per heavy atom. The van der Waals surface area contributed by atoms with Gasteiger partial charge in [0, 0.05) is 29.4 Å². The van der Waals surface area contributed by atoms with Crippen molar-refractivity contribution in [2.45, 2.75) is 44.0 Å². The van der Waals surface area contributed by atoms with Crippen LogP contribution in [0.15, 0.2) is 47.4 Å². The maximum absolute atomic E-state index is 13.1. The third kappa shape index (κ3) is 5.37. The summed E-state index contributed by atoms with van der Waals surface area (Å²) in [5.41, 5.74) is 1.35. The van der Waals surface area contributed by atoms with E-state index in [1.807, 2.05) is 6.92 Å². The fourth-order valence-electron chi connectivity index (χ4n) is 3.48. The summed E-state index contributed by atoms with van der Waals surface area (Å²) >= 11 is 6.06. The Balaban J connectivity index is 1.78. The maximum Gasteiger partial charge on any atom is 0.261 e. The van der Waals surface area contributed by atoms with Gasteiger partial charge in [-0.2, -0.15) is 0 Å². The molecule has 9 heteroatoms. The van der Waals surface area contributed by atoms with Crippen LogP contribution in [0.25, 0.3) is 0 Å². The highest BCUT2D eigenvalue weighted by Crippen LogP contribution is 2.24. The van der Waals surface area contributed by atoms with Crippen molar-refractivity contribution in [1.29, 1.82) is 0 Å². The number of hydrogen-bond acceptors (Lipinski definition) is 4. The van der Waals surface area contributed by atoms with Gasteiger partial charge in [0.2, 0.25) is 5.91 Å². The van der Waals surface area contributed by atoms with Crippen LogP contribution in [0, 0.1) is 6.92 Å². The first-order valence-corrected chi connectivity index (χ1v) is 12.1. The lowest BCUT2D eigenvalue weighted by atomic mass is 10.1. The highest BCUT2D eigenvalue weighted by atomic mass is 35.5. The molecule has 7 nitrogen and oxygen atoms in total. The molecule has 1 aliphatic heterocycles. The molecule has 3 rings (SSSR count). The molecule has 2 aromatic rings. The van der Waals surface area contributed by atoms with E-state index < -0.39 is 16.1 Å². The van der Waals surface area contributed by atoms with Gasteiger partial charge in [0.05, 0.1) is 4.90 Å². The van der Waals surface area contributed by atoms with E-state index >= 15 is 0 Å². The molecule has 0 aliphatic carbocycles. The molecule has 1 aliphatic rings. The van der Waals surface area contributed by atoms with E-state index in [1.165, 1.54) is 18.2 Å². The minimum atomic E-state index is -3.87. The summed E-state index contributed by atoms with van der Waals surface area (Å²) in [6.45, 7) is 4.81. The van der Waals surface area contributed by atoms with Crippen LogP contribution >= 0.6 is 11.6 Å². The highest BCUT2D eigenvalue weighted by Gasteiger charge is 2.34. The van der Waals surface area contributed by atoms with Crippen molar-refractivity contribution >= 4 is 39.1 Å². The van der Waals surface area contributed by atoms with Crippen LogP contribution in [0.4, 0.5) is 5.69 Å². The number of sulfonamides is 1. The van der Waals surface area contributed by atoms with E-state index in [0.29, 0.717) is 30.1 Å². The summed E-state index contributed by atoms with van der Waals surface area (Å²) in [6, 6.07) is 10.3. The topological polar surface area (TPSA) is 95.6 Å². The predicted molar refractivity (Wildman–Crippen MR) is 121 cm³/mol. The zero-order valence-electron chi connectivity index (χ0n) is 17.5. The lowest BCUT2D eigenvalue weighted by Crippen LogP contribution is -2.46. The fourth-order valence-corrected chi connectivity index (χ4v) is 4.81. The Morgan fingerprint density at radius 1 is 1.19 bits per heavy atom. The second kappa shape index (κ2) is 9.70. The van der Waals surface area contributed by atoms with Gasteiger partial charge in [-0.05, 0) is 62.1 Å². The molecule has 0 spiro atoms. The van der Waals surface area contributed by atoms with Gasteiger partial charge in [-0.15, -0.1) is 0 Å². The summed E-state index contributed by atoms with van der Waals surface area (Å²) in [5.74, 6) is -0.450. The van der Waals surface area contributed by atoms with E-state index in [1.54, 1.807) is 36.1 Å². The fraction of sp³-hybridized carbons (Fsp3) is 0.364. The first-order valence-electron chi connectivity index (χ1n) is 10.2. The highest BCUT2D eigenvalue weighted by molar-refractivity contribution is 7.92. The van der Waals surface area contributed by atoms with Crippen LogP contribution in [0.3, 0.4) is 0 Å². The molecule has 31 heavy (non-hydrogen) atoms. The molecule has 0 unspecified atom stereocenters. The summed E-state index contributed by atoms with van der Waals surface area (Å²) in [6.07, 6.45) is 2.18. The third-order valence-electron chi connectivity index (χ3n) is 5.18. The number of carbonyl (C=O) groups excluding carboxylic acids is 2. The predicted octanol–water partition coefficient (Wildman–Crippen LogP) is 3.58. The number of nitrogens with one attached hydrogen (secondary N) is 2. The largest absolute Gasteiger partial charge is 0.354 e. The number of nitrogens with zero attached hydrogens (tertiary/aromatic N) is 1. The van der Waals surface area contributed by atoms with Crippen molar-refractivity contribution in [3.63, 3.8) is 0 Å². The normalized spacial score (nSPS) is 16.2. The summed E-state index contributed by atoms with van der Waals surface area (Å²) in [4.78, 5) is 27.1. The van der Waals surface area contributed by atoms with Gasteiger partial charge in [-0.1, -0.05) is 30.7 Å². The molecule has 2 N–H and O–H groups in total. The molecule has 0 saturated carbocycles. The minimum absolute atomic E-state index is 0.0343. The zero-order valence-corrected chi connectivity index (χ0v) is 19.1. The molecule has 1 atom stereocenters. The van der Waals surface area contributed by atoms with Crippen LogP contribution in [0.2, 0.25) is 5.02 Å². The van der Waals surface area contributed by atoms with Gasteiger partial charge in [0.1, 0.15) is 6.04 Å². The smallest absolute Gasteiger partial charge is 0.261 e. The van der Waals surface area contributed by atoms with E-state index in [0.717, 1.165) is 18.4 Å². The van der Waals surface area contributed by atoms with Crippen molar-refractivity contribution in [1.82, 2.24) is 10.2 Å². The SMILES string of the molecule is CCCNC(=O)[C@H]1CCCN1C(=O)c1cccc(NS(=O)(=O)c2ccc(C)c(Cl)c2)c1. The molecule has 2 aromatic carbocycles. The first-order chi connectivity index (χ1) is 14.7. The number of halogens is 1. The summed E-state index contributed by atoms with van der Waals surface area (Å²) < 4.78 is 27.9. The molecule has 166 valence electrons. The van der Waals surface area contributed by atoms with E-state index in [4.69, 9.17) is 11.6 Å². The standard InChI is InChI=1S/C22H26ClN3O4S/c1-3-11-24-21(27)20-8-5-12-26(20)22(28)16-6-4-7-17(13-16)25-31(29,30)18-10-9-15(2)19(23)14-18/h4,6-7,9-10,13-14,20,25H,3,5,8,11-12H2,1-2H3,(H,24,27)/t20-/m1/s1. The Hall–Kier alpha value is -2.58. The molecule has 1 fully saturated rings. The van der Waals surface area contributed by atoms with E-state index in [2.05, 4.69) is 10.0 Å². The molecular formula is C22H26ClN3O4S. The second-order valence-corrected chi connectivity index (χ2v) is 9.63. The zero-order chi connectivity index (χ0) is 22.6. The van der Waals surface area contributed by atoms with Gasteiger partial charge in [0.25, 0.3) is 15.9 Å². The van der Waals surface area contributed by atoms with Crippen LogP contribution in [-0.4, -0.2) is 44.3 Å². The number of carbonyl (C=O) groups is 2. The average Bonchev–Trinajstić information content (AvgIpc) is 3.23. The van der Waals surface area contributed by atoms with Crippen LogP contribution in [-0.2, 0) is 14.8 Å². The lowest BCUT2D eigenvalue weighted by Gasteiger charge is -2.24. The summed E-state index contributed by atoms with van der Waals surface area (Å²) in [7, 11) is -3.87. The Morgan fingerprint density at radius 3 is 2.68 bits per heavy atom. The maximum atomic E-state index is 13.1. The van der Waals surface area contributed by atoms with Gasteiger partial charge < -0.3 is 10.2 Å². The minimum Gasteiger partial charge on any atom is -0.354 e. The van der Waals surface area contributed by atoms with Crippen molar-refractivity contribution in [2.75, 3.05) is 17.8 Å². The van der Waals surface area contributed by atoms with Crippen LogP contribution < -0.4 is 10.0 Å².